The maximum absolute atomic E-state index is 13.7. The van der Waals surface area contributed by atoms with Gasteiger partial charge in [-0.3, -0.25) is 0 Å². The van der Waals surface area contributed by atoms with Crippen molar-refractivity contribution in [3.63, 3.8) is 0 Å². The van der Waals surface area contributed by atoms with Crippen molar-refractivity contribution in [2.24, 2.45) is 0 Å². The molecule has 0 fully saturated rings. The van der Waals surface area contributed by atoms with E-state index in [0.717, 1.165) is 24.3 Å². The number of thiophene rings is 1. The molecule has 110 valence electrons. The molecule has 0 amide bonds. The van der Waals surface area contributed by atoms with Gasteiger partial charge in [0, 0.05) is 24.9 Å². The molecule has 2 aromatic heterocycles. The van der Waals surface area contributed by atoms with E-state index in [1.807, 2.05) is 6.07 Å². The Morgan fingerprint density at radius 3 is 2.90 bits per heavy atom. The summed E-state index contributed by atoms with van der Waals surface area (Å²) >= 11 is 7.58. The van der Waals surface area contributed by atoms with Crippen LogP contribution >= 0.6 is 22.9 Å². The first-order chi connectivity index (χ1) is 10.2. The zero-order chi connectivity index (χ0) is 14.8. The molecular formula is C16H16ClFN2S. The number of benzene rings is 1. The quantitative estimate of drug-likeness (QED) is 0.629. The number of hydrogen-bond donors (Lipinski definition) is 0. The molecule has 3 rings (SSSR count). The Labute approximate surface area is 132 Å². The van der Waals surface area contributed by atoms with Crippen molar-refractivity contribution in [1.82, 2.24) is 9.55 Å². The second-order valence-corrected chi connectivity index (χ2v) is 6.25. The fourth-order valence-corrected chi connectivity index (χ4v) is 3.37. The number of halogens is 2. The number of hydrogen-bond acceptors (Lipinski definition) is 2. The standard InChI is InChI=1S/C16H16ClFN2S/c1-11-8-15-14(9-13(11)18)19-16(2-5-17)20(15)6-3-12-4-7-21-10-12/h4,7-10H,2-3,5-6H2,1H3. The summed E-state index contributed by atoms with van der Waals surface area (Å²) in [5, 5.41) is 4.24. The van der Waals surface area contributed by atoms with Crippen molar-refractivity contribution < 1.29 is 4.39 Å². The normalized spacial score (nSPS) is 11.4. The lowest BCUT2D eigenvalue weighted by molar-refractivity contribution is 0.620. The molecule has 1 aromatic carbocycles. The molecule has 3 aromatic rings. The Morgan fingerprint density at radius 2 is 2.19 bits per heavy atom. The van der Waals surface area contributed by atoms with Gasteiger partial charge in [0.05, 0.1) is 11.0 Å². The summed E-state index contributed by atoms with van der Waals surface area (Å²) in [5.41, 5.74) is 3.67. The fourth-order valence-electron chi connectivity index (χ4n) is 2.50. The molecule has 0 radical (unpaired) electrons. The van der Waals surface area contributed by atoms with Crippen molar-refractivity contribution >= 4 is 34.0 Å². The summed E-state index contributed by atoms with van der Waals surface area (Å²) in [4.78, 5) is 4.55. The van der Waals surface area contributed by atoms with Crippen LogP contribution in [0.3, 0.4) is 0 Å². The minimum atomic E-state index is -0.206. The van der Waals surface area contributed by atoms with Gasteiger partial charge < -0.3 is 4.57 Å². The highest BCUT2D eigenvalue weighted by atomic mass is 35.5. The van der Waals surface area contributed by atoms with Crippen LogP contribution in [0.4, 0.5) is 4.39 Å². The third-order valence-corrected chi connectivity index (χ3v) is 4.55. The Morgan fingerprint density at radius 1 is 1.33 bits per heavy atom. The largest absolute Gasteiger partial charge is 0.328 e. The van der Waals surface area contributed by atoms with E-state index in [2.05, 4.69) is 26.4 Å². The molecule has 0 atom stereocenters. The first kappa shape index (κ1) is 14.5. The Bertz CT molecular complexity index is 749. The van der Waals surface area contributed by atoms with Gasteiger partial charge in [-0.25, -0.2) is 9.37 Å². The zero-order valence-electron chi connectivity index (χ0n) is 11.8. The van der Waals surface area contributed by atoms with E-state index in [0.29, 0.717) is 23.4 Å². The summed E-state index contributed by atoms with van der Waals surface area (Å²) in [7, 11) is 0. The van der Waals surface area contributed by atoms with Gasteiger partial charge in [0.2, 0.25) is 0 Å². The van der Waals surface area contributed by atoms with E-state index in [9.17, 15) is 4.39 Å². The molecule has 0 spiro atoms. The number of nitrogens with zero attached hydrogens (tertiary/aromatic N) is 2. The molecule has 0 saturated carbocycles. The molecule has 0 aliphatic rings. The van der Waals surface area contributed by atoms with Crippen LogP contribution in [0, 0.1) is 12.7 Å². The van der Waals surface area contributed by atoms with Crippen LogP contribution in [0.25, 0.3) is 11.0 Å². The van der Waals surface area contributed by atoms with Crippen molar-refractivity contribution in [2.45, 2.75) is 26.3 Å². The van der Waals surface area contributed by atoms with E-state index in [-0.39, 0.29) is 5.82 Å². The average Bonchev–Trinajstić information content (AvgIpc) is 3.06. The van der Waals surface area contributed by atoms with Gasteiger partial charge in [0.1, 0.15) is 11.6 Å². The molecule has 0 unspecified atom stereocenters. The molecule has 0 aliphatic heterocycles. The van der Waals surface area contributed by atoms with Crippen LogP contribution in [0.1, 0.15) is 17.0 Å². The van der Waals surface area contributed by atoms with Gasteiger partial charge in [-0.2, -0.15) is 11.3 Å². The van der Waals surface area contributed by atoms with E-state index < -0.39 is 0 Å². The number of imidazole rings is 1. The van der Waals surface area contributed by atoms with Gasteiger partial charge in [-0.05, 0) is 47.4 Å². The molecule has 0 aliphatic carbocycles. The molecule has 2 heterocycles. The molecule has 0 bridgehead atoms. The van der Waals surface area contributed by atoms with Crippen molar-refractivity contribution in [3.05, 3.63) is 51.7 Å². The molecule has 21 heavy (non-hydrogen) atoms. The van der Waals surface area contributed by atoms with Crippen molar-refractivity contribution in [2.75, 3.05) is 5.88 Å². The van der Waals surface area contributed by atoms with Crippen LogP contribution < -0.4 is 0 Å². The van der Waals surface area contributed by atoms with Gasteiger partial charge in [0.15, 0.2) is 0 Å². The monoisotopic (exact) mass is 322 g/mol. The second-order valence-electron chi connectivity index (χ2n) is 5.09. The smallest absolute Gasteiger partial charge is 0.128 e. The number of aryl methyl sites for hydroxylation is 4. The maximum Gasteiger partial charge on any atom is 0.128 e. The second kappa shape index (κ2) is 6.16. The lowest BCUT2D eigenvalue weighted by Gasteiger charge is -2.08. The summed E-state index contributed by atoms with van der Waals surface area (Å²) in [5.74, 6) is 1.24. The lowest BCUT2D eigenvalue weighted by Crippen LogP contribution is -2.06. The third kappa shape index (κ3) is 2.97. The van der Waals surface area contributed by atoms with Crippen LogP contribution in [0.5, 0.6) is 0 Å². The van der Waals surface area contributed by atoms with E-state index in [4.69, 9.17) is 11.6 Å². The summed E-state index contributed by atoms with van der Waals surface area (Å²) < 4.78 is 15.9. The Kier molecular flexibility index (Phi) is 4.27. The molecule has 2 nitrogen and oxygen atoms in total. The van der Waals surface area contributed by atoms with E-state index >= 15 is 0 Å². The van der Waals surface area contributed by atoms with Crippen LogP contribution in [-0.4, -0.2) is 15.4 Å². The average molecular weight is 323 g/mol. The third-order valence-electron chi connectivity index (χ3n) is 3.63. The maximum atomic E-state index is 13.7. The Balaban J connectivity index is 2.00. The summed E-state index contributed by atoms with van der Waals surface area (Å²) in [6.07, 6.45) is 1.64. The van der Waals surface area contributed by atoms with E-state index in [1.165, 1.54) is 11.6 Å². The van der Waals surface area contributed by atoms with Crippen LogP contribution in [-0.2, 0) is 19.4 Å². The summed E-state index contributed by atoms with van der Waals surface area (Å²) in [6.45, 7) is 2.62. The first-order valence-electron chi connectivity index (χ1n) is 6.91. The van der Waals surface area contributed by atoms with Crippen molar-refractivity contribution in [3.8, 4) is 0 Å². The van der Waals surface area contributed by atoms with Gasteiger partial charge in [0.25, 0.3) is 0 Å². The van der Waals surface area contributed by atoms with Crippen LogP contribution in [0.15, 0.2) is 29.0 Å². The molecule has 5 heteroatoms. The molecule has 0 saturated heterocycles. The first-order valence-corrected chi connectivity index (χ1v) is 8.39. The van der Waals surface area contributed by atoms with Gasteiger partial charge >= 0.3 is 0 Å². The van der Waals surface area contributed by atoms with Gasteiger partial charge in [-0.1, -0.05) is 0 Å². The zero-order valence-corrected chi connectivity index (χ0v) is 13.3. The number of fused-ring (bicyclic) bond motifs is 1. The lowest BCUT2D eigenvalue weighted by atomic mass is 10.2. The summed E-state index contributed by atoms with van der Waals surface area (Å²) in [6, 6.07) is 5.53. The Hall–Kier alpha value is -1.39. The highest BCUT2D eigenvalue weighted by molar-refractivity contribution is 7.07. The highest BCUT2D eigenvalue weighted by Crippen LogP contribution is 2.22. The number of aromatic nitrogens is 2. The minimum Gasteiger partial charge on any atom is -0.328 e. The fraction of sp³-hybridized carbons (Fsp3) is 0.312. The van der Waals surface area contributed by atoms with Crippen LogP contribution in [0.2, 0.25) is 0 Å². The SMILES string of the molecule is Cc1cc2c(cc1F)nc(CCCl)n2CCc1ccsc1. The highest BCUT2D eigenvalue weighted by Gasteiger charge is 2.12. The van der Waals surface area contributed by atoms with Crippen molar-refractivity contribution in [1.29, 1.82) is 0 Å². The van der Waals surface area contributed by atoms with Gasteiger partial charge in [-0.15, -0.1) is 11.6 Å². The molecule has 0 N–H and O–H groups in total. The number of rotatable bonds is 5. The predicted molar refractivity (Wildman–Crippen MR) is 86.9 cm³/mol. The topological polar surface area (TPSA) is 17.8 Å². The van der Waals surface area contributed by atoms with E-state index in [1.54, 1.807) is 18.3 Å². The minimum absolute atomic E-state index is 0.206. The number of alkyl halides is 1. The molecular weight excluding hydrogens is 307 g/mol. The predicted octanol–water partition coefficient (Wildman–Crippen LogP) is 4.57.